The van der Waals surface area contributed by atoms with E-state index in [-0.39, 0.29) is 24.3 Å². The van der Waals surface area contributed by atoms with Crippen molar-refractivity contribution in [1.82, 2.24) is 5.32 Å². The lowest BCUT2D eigenvalue weighted by atomic mass is 10.1. The average Bonchev–Trinajstić information content (AvgIpc) is 2.79. The SMILES string of the molecule is CC(=O)N(CCC(=O)NC1CCCCCC1)c1ccc(Cl)c(Cl)c1. The minimum absolute atomic E-state index is 0.00629. The van der Waals surface area contributed by atoms with E-state index in [1.165, 1.54) is 32.6 Å². The van der Waals surface area contributed by atoms with Crippen molar-refractivity contribution in [3.63, 3.8) is 0 Å². The lowest BCUT2D eigenvalue weighted by molar-refractivity contribution is -0.121. The van der Waals surface area contributed by atoms with Gasteiger partial charge >= 0.3 is 0 Å². The van der Waals surface area contributed by atoms with E-state index >= 15 is 0 Å². The number of hydrogen-bond donors (Lipinski definition) is 1. The van der Waals surface area contributed by atoms with Crippen LogP contribution in [-0.2, 0) is 9.59 Å². The maximum atomic E-state index is 12.2. The standard InChI is InChI=1S/C18H24Cl2N2O2/c1-13(23)22(15-8-9-16(19)17(20)12-15)11-10-18(24)21-14-6-4-2-3-5-7-14/h8-9,12,14H,2-7,10-11H2,1H3,(H,21,24). The molecule has 0 saturated heterocycles. The molecular weight excluding hydrogens is 347 g/mol. The normalized spacial score (nSPS) is 15.6. The molecule has 0 aliphatic heterocycles. The second kappa shape index (κ2) is 9.28. The quantitative estimate of drug-likeness (QED) is 0.771. The van der Waals surface area contributed by atoms with Crippen LogP contribution in [0.25, 0.3) is 0 Å². The molecule has 132 valence electrons. The smallest absolute Gasteiger partial charge is 0.223 e. The average molecular weight is 371 g/mol. The zero-order chi connectivity index (χ0) is 17.5. The summed E-state index contributed by atoms with van der Waals surface area (Å²) in [6.45, 7) is 1.80. The van der Waals surface area contributed by atoms with Crippen molar-refractivity contribution in [3.8, 4) is 0 Å². The summed E-state index contributed by atoms with van der Waals surface area (Å²) in [4.78, 5) is 25.7. The van der Waals surface area contributed by atoms with E-state index in [1.807, 2.05) is 0 Å². The number of carbonyl (C=O) groups is 2. The van der Waals surface area contributed by atoms with E-state index in [2.05, 4.69) is 5.32 Å². The van der Waals surface area contributed by atoms with Gasteiger partial charge in [-0.3, -0.25) is 9.59 Å². The van der Waals surface area contributed by atoms with E-state index in [0.29, 0.717) is 22.3 Å². The van der Waals surface area contributed by atoms with Gasteiger partial charge in [-0.1, -0.05) is 48.9 Å². The molecule has 0 atom stereocenters. The van der Waals surface area contributed by atoms with Crippen LogP contribution in [0.1, 0.15) is 51.9 Å². The summed E-state index contributed by atoms with van der Waals surface area (Å²) >= 11 is 11.9. The van der Waals surface area contributed by atoms with Crippen LogP contribution in [0.15, 0.2) is 18.2 Å². The van der Waals surface area contributed by atoms with Crippen molar-refractivity contribution < 1.29 is 9.59 Å². The number of nitrogens with one attached hydrogen (secondary N) is 1. The van der Waals surface area contributed by atoms with E-state index in [1.54, 1.807) is 23.1 Å². The van der Waals surface area contributed by atoms with Gasteiger partial charge in [-0.25, -0.2) is 0 Å². The van der Waals surface area contributed by atoms with Gasteiger partial charge in [0.2, 0.25) is 11.8 Å². The van der Waals surface area contributed by atoms with Crippen LogP contribution in [-0.4, -0.2) is 24.4 Å². The summed E-state index contributed by atoms with van der Waals surface area (Å²) in [5.74, 6) is -0.135. The Bertz CT molecular complexity index is 584. The summed E-state index contributed by atoms with van der Waals surface area (Å²) in [5, 5.41) is 3.93. The Hall–Kier alpha value is -1.26. The monoisotopic (exact) mass is 370 g/mol. The van der Waals surface area contributed by atoms with Gasteiger partial charge in [0.05, 0.1) is 10.0 Å². The second-order valence-electron chi connectivity index (χ2n) is 6.28. The molecule has 0 heterocycles. The lowest BCUT2D eigenvalue weighted by Gasteiger charge is -2.22. The topological polar surface area (TPSA) is 49.4 Å². The maximum Gasteiger partial charge on any atom is 0.223 e. The zero-order valence-electron chi connectivity index (χ0n) is 14.0. The fourth-order valence-electron chi connectivity index (χ4n) is 3.06. The Kier molecular flexibility index (Phi) is 7.38. The lowest BCUT2D eigenvalue weighted by Crippen LogP contribution is -2.38. The summed E-state index contributed by atoms with van der Waals surface area (Å²) in [7, 11) is 0. The molecule has 0 radical (unpaired) electrons. The number of anilines is 1. The molecule has 0 aromatic heterocycles. The highest BCUT2D eigenvalue weighted by atomic mass is 35.5. The van der Waals surface area contributed by atoms with Crippen LogP contribution in [0.2, 0.25) is 10.0 Å². The van der Waals surface area contributed by atoms with Gasteiger partial charge in [0.1, 0.15) is 0 Å². The molecule has 6 heteroatoms. The third kappa shape index (κ3) is 5.67. The molecule has 24 heavy (non-hydrogen) atoms. The Labute approximate surface area is 153 Å². The van der Waals surface area contributed by atoms with Crippen LogP contribution in [0.3, 0.4) is 0 Å². The van der Waals surface area contributed by atoms with Crippen molar-refractivity contribution >= 4 is 40.7 Å². The summed E-state index contributed by atoms with van der Waals surface area (Å²) in [6.07, 6.45) is 7.23. The van der Waals surface area contributed by atoms with Crippen LogP contribution >= 0.6 is 23.2 Å². The molecule has 1 aromatic carbocycles. The van der Waals surface area contributed by atoms with Crippen LogP contribution < -0.4 is 10.2 Å². The summed E-state index contributed by atoms with van der Waals surface area (Å²) in [5.41, 5.74) is 0.652. The predicted octanol–water partition coefficient (Wildman–Crippen LogP) is 4.58. The van der Waals surface area contributed by atoms with Gasteiger partial charge in [0.15, 0.2) is 0 Å². The largest absolute Gasteiger partial charge is 0.353 e. The highest BCUT2D eigenvalue weighted by Crippen LogP contribution is 2.27. The fraction of sp³-hybridized carbons (Fsp3) is 0.556. The van der Waals surface area contributed by atoms with E-state index in [9.17, 15) is 9.59 Å². The Morgan fingerprint density at radius 3 is 2.38 bits per heavy atom. The molecule has 0 unspecified atom stereocenters. The minimum Gasteiger partial charge on any atom is -0.353 e. The first-order valence-corrected chi connectivity index (χ1v) is 9.25. The summed E-state index contributed by atoms with van der Waals surface area (Å²) in [6, 6.07) is 5.31. The Morgan fingerprint density at radius 1 is 1.12 bits per heavy atom. The molecule has 1 aliphatic rings. The predicted molar refractivity (Wildman–Crippen MR) is 98.7 cm³/mol. The number of hydrogen-bond acceptors (Lipinski definition) is 2. The molecule has 2 amide bonds. The summed E-state index contributed by atoms with van der Waals surface area (Å²) < 4.78 is 0. The van der Waals surface area contributed by atoms with Gasteiger partial charge in [0.25, 0.3) is 0 Å². The molecule has 4 nitrogen and oxygen atoms in total. The van der Waals surface area contributed by atoms with Crippen molar-refractivity contribution in [2.75, 3.05) is 11.4 Å². The van der Waals surface area contributed by atoms with E-state index in [0.717, 1.165) is 12.8 Å². The van der Waals surface area contributed by atoms with E-state index < -0.39 is 0 Å². The van der Waals surface area contributed by atoms with Gasteiger partial charge in [-0.05, 0) is 31.0 Å². The molecule has 0 spiro atoms. The first kappa shape index (κ1) is 19.1. The highest BCUT2D eigenvalue weighted by molar-refractivity contribution is 6.42. The van der Waals surface area contributed by atoms with Crippen LogP contribution in [0.4, 0.5) is 5.69 Å². The van der Waals surface area contributed by atoms with Crippen molar-refractivity contribution in [1.29, 1.82) is 0 Å². The molecule has 0 bridgehead atoms. The fourth-order valence-corrected chi connectivity index (χ4v) is 3.35. The number of rotatable bonds is 5. The molecule has 2 rings (SSSR count). The molecule has 1 aromatic rings. The van der Waals surface area contributed by atoms with Crippen molar-refractivity contribution in [3.05, 3.63) is 28.2 Å². The first-order chi connectivity index (χ1) is 11.5. The molecular formula is C18H24Cl2N2O2. The highest BCUT2D eigenvalue weighted by Gasteiger charge is 2.17. The molecule has 1 fully saturated rings. The number of halogens is 2. The maximum absolute atomic E-state index is 12.2. The third-order valence-electron chi connectivity index (χ3n) is 4.38. The molecule has 1 aliphatic carbocycles. The molecule has 1 saturated carbocycles. The zero-order valence-corrected chi connectivity index (χ0v) is 15.5. The van der Waals surface area contributed by atoms with Gasteiger partial charge in [0, 0.05) is 31.6 Å². The van der Waals surface area contributed by atoms with Crippen LogP contribution in [0, 0.1) is 0 Å². The van der Waals surface area contributed by atoms with E-state index in [4.69, 9.17) is 23.2 Å². The van der Waals surface area contributed by atoms with Crippen molar-refractivity contribution in [2.45, 2.75) is 57.9 Å². The first-order valence-electron chi connectivity index (χ1n) is 8.50. The number of benzene rings is 1. The molecule has 1 N–H and O–H groups in total. The number of nitrogens with zero attached hydrogens (tertiary/aromatic N) is 1. The Balaban J connectivity index is 1.92. The Morgan fingerprint density at radius 2 is 1.79 bits per heavy atom. The number of amides is 2. The third-order valence-corrected chi connectivity index (χ3v) is 5.12. The second-order valence-corrected chi connectivity index (χ2v) is 7.09. The minimum atomic E-state index is -0.129. The number of carbonyl (C=O) groups excluding carboxylic acids is 2. The van der Waals surface area contributed by atoms with Gasteiger partial charge in [-0.2, -0.15) is 0 Å². The van der Waals surface area contributed by atoms with Crippen LogP contribution in [0.5, 0.6) is 0 Å². The van der Waals surface area contributed by atoms with Gasteiger partial charge in [-0.15, -0.1) is 0 Å². The van der Waals surface area contributed by atoms with Gasteiger partial charge < -0.3 is 10.2 Å². The van der Waals surface area contributed by atoms with Crippen molar-refractivity contribution in [2.24, 2.45) is 0 Å².